The predicted octanol–water partition coefficient (Wildman–Crippen LogP) is 8.85. The Balaban J connectivity index is 1.28. The number of aromatic amines is 1. The third-order valence-corrected chi connectivity index (χ3v) is 7.42. The van der Waals surface area contributed by atoms with Crippen molar-refractivity contribution in [1.29, 1.82) is 0 Å². The largest absolute Gasteiger partial charge is 0.465 e. The van der Waals surface area contributed by atoms with E-state index in [1.807, 2.05) is 24.3 Å². The number of H-pyrrole nitrogens is 1. The van der Waals surface area contributed by atoms with Crippen molar-refractivity contribution in [2.75, 3.05) is 6.61 Å². The molecule has 210 valence electrons. The van der Waals surface area contributed by atoms with Crippen LogP contribution in [0, 0.1) is 0 Å². The Bertz CT molecular complexity index is 1110. The number of halogens is 1. The molecule has 0 amide bonds. The van der Waals surface area contributed by atoms with Gasteiger partial charge in [0.2, 0.25) is 0 Å². The second-order valence-corrected chi connectivity index (χ2v) is 11.9. The first-order valence-electron chi connectivity index (χ1n) is 14.7. The van der Waals surface area contributed by atoms with Gasteiger partial charge in [0.25, 0.3) is 0 Å². The number of carbonyl (C=O) groups excluding carboxylic acids is 1. The van der Waals surface area contributed by atoms with E-state index in [1.54, 1.807) is 4.63 Å². The van der Waals surface area contributed by atoms with Gasteiger partial charge in [0.15, 0.2) is 11.5 Å². The van der Waals surface area contributed by atoms with Crippen LogP contribution in [0.1, 0.15) is 122 Å². The number of hydrogen-bond acceptors (Lipinski definition) is 4. The number of rotatable bonds is 17. The lowest BCUT2D eigenvalue weighted by Gasteiger charge is -2.16. The molecule has 0 aliphatic rings. The summed E-state index contributed by atoms with van der Waals surface area (Å²) in [7, 11) is 0. The molecule has 0 unspecified atom stereocenters. The molecule has 0 aliphatic carbocycles. The second kappa shape index (κ2) is 15.3. The molecule has 3 rings (SSSR count). The van der Waals surface area contributed by atoms with Gasteiger partial charge in [-0.15, -0.1) is 5.10 Å². The van der Waals surface area contributed by atoms with Crippen LogP contribution in [0.5, 0.6) is 0 Å². The molecule has 2 heterocycles. The highest BCUT2D eigenvalue weighted by Crippen LogP contribution is 2.31. The molecule has 0 saturated heterocycles. The van der Waals surface area contributed by atoms with Crippen molar-refractivity contribution in [3.05, 3.63) is 40.5 Å². The van der Waals surface area contributed by atoms with Crippen LogP contribution < -0.4 is 0 Å². The summed E-state index contributed by atoms with van der Waals surface area (Å²) < 4.78 is 7.08. The Labute approximate surface area is 233 Å². The predicted molar refractivity (Wildman–Crippen MR) is 157 cm³/mol. The summed E-state index contributed by atoms with van der Waals surface area (Å²) in [6.07, 6.45) is 17.3. The maximum atomic E-state index is 12.2. The van der Waals surface area contributed by atoms with Gasteiger partial charge in [-0.25, -0.2) is 4.98 Å². The highest BCUT2D eigenvalue weighted by Gasteiger charge is 2.24. The molecule has 7 heteroatoms. The van der Waals surface area contributed by atoms with Crippen molar-refractivity contribution >= 4 is 23.2 Å². The SMILES string of the molecule is CCCCCCCCCCCCCCCOC(=O)Cc1ccc(-c2nc3c(Cl)c(C(C)(C)C)[nH]n3n2)cc1. The van der Waals surface area contributed by atoms with E-state index in [0.29, 0.717) is 23.1 Å². The zero-order valence-corrected chi connectivity index (χ0v) is 24.7. The summed E-state index contributed by atoms with van der Waals surface area (Å²) in [5, 5.41) is 8.37. The third kappa shape index (κ3) is 9.44. The Morgan fingerprint density at radius 3 is 1.97 bits per heavy atom. The zero-order chi connectivity index (χ0) is 27.4. The van der Waals surface area contributed by atoms with E-state index in [9.17, 15) is 4.79 Å². The number of esters is 1. The van der Waals surface area contributed by atoms with Crippen molar-refractivity contribution in [3.8, 4) is 11.4 Å². The average molecular weight is 543 g/mol. The molecular formula is C31H47ClN4O2. The first-order chi connectivity index (χ1) is 18.3. The summed E-state index contributed by atoms with van der Waals surface area (Å²) >= 11 is 6.54. The first kappa shape index (κ1) is 30.2. The Morgan fingerprint density at radius 2 is 1.45 bits per heavy atom. The summed E-state index contributed by atoms with van der Waals surface area (Å²) in [5.74, 6) is 0.418. The molecule has 6 nitrogen and oxygen atoms in total. The van der Waals surface area contributed by atoms with Gasteiger partial charge in [-0.3, -0.25) is 9.89 Å². The minimum atomic E-state index is -0.174. The maximum absolute atomic E-state index is 12.2. The topological polar surface area (TPSA) is 72.3 Å². The van der Waals surface area contributed by atoms with Gasteiger partial charge in [0.1, 0.15) is 5.02 Å². The lowest BCUT2D eigenvalue weighted by molar-refractivity contribution is -0.142. The Morgan fingerprint density at radius 1 is 0.895 bits per heavy atom. The Kier molecular flexibility index (Phi) is 12.2. The highest BCUT2D eigenvalue weighted by molar-refractivity contribution is 6.34. The number of aromatic nitrogens is 4. The summed E-state index contributed by atoms with van der Waals surface area (Å²) in [4.78, 5) is 16.9. The van der Waals surface area contributed by atoms with Crippen LogP contribution in [-0.2, 0) is 21.4 Å². The molecule has 38 heavy (non-hydrogen) atoms. The number of benzene rings is 1. The molecule has 2 aromatic heterocycles. The highest BCUT2D eigenvalue weighted by atomic mass is 35.5. The minimum Gasteiger partial charge on any atom is -0.465 e. The summed E-state index contributed by atoms with van der Waals surface area (Å²) in [6.45, 7) is 9.05. The first-order valence-corrected chi connectivity index (χ1v) is 15.1. The van der Waals surface area contributed by atoms with Crippen molar-refractivity contribution in [2.24, 2.45) is 0 Å². The standard InChI is InChI=1S/C31H47ClN4O2/c1-5-6-7-8-9-10-11-12-13-14-15-16-17-22-38-26(37)23-24-18-20-25(21-19-24)29-33-30-27(32)28(31(2,3)4)34-36(30)35-29/h18-21,34H,5-17,22-23H2,1-4H3. The number of ether oxygens (including phenoxy) is 1. The normalized spacial score (nSPS) is 11.9. The molecule has 0 saturated carbocycles. The molecule has 0 spiro atoms. The quantitative estimate of drug-likeness (QED) is 0.136. The molecule has 1 N–H and O–H groups in total. The van der Waals surface area contributed by atoms with Crippen molar-refractivity contribution in [2.45, 2.75) is 123 Å². The molecule has 0 radical (unpaired) electrons. The molecule has 3 aromatic rings. The van der Waals surface area contributed by atoms with Gasteiger partial charge in [-0.2, -0.15) is 4.63 Å². The van der Waals surface area contributed by atoms with Crippen LogP contribution in [0.15, 0.2) is 24.3 Å². The monoisotopic (exact) mass is 542 g/mol. The molecule has 0 bridgehead atoms. The van der Waals surface area contributed by atoms with Crippen LogP contribution in [0.4, 0.5) is 0 Å². The minimum absolute atomic E-state index is 0.122. The fourth-order valence-corrected chi connectivity index (χ4v) is 5.16. The van der Waals surface area contributed by atoms with Gasteiger partial charge in [-0.1, -0.05) is 141 Å². The van der Waals surface area contributed by atoms with Gasteiger partial charge in [0.05, 0.1) is 18.7 Å². The Hall–Kier alpha value is -2.34. The lowest BCUT2D eigenvalue weighted by atomic mass is 9.92. The van der Waals surface area contributed by atoms with E-state index in [2.05, 4.69) is 42.9 Å². The number of nitrogens with zero attached hydrogens (tertiary/aromatic N) is 3. The summed E-state index contributed by atoms with van der Waals surface area (Å²) in [5.41, 5.74) is 3.20. The van der Waals surface area contributed by atoms with Crippen LogP contribution in [-0.4, -0.2) is 32.4 Å². The molecule has 0 aliphatic heterocycles. The van der Waals surface area contributed by atoms with Crippen molar-refractivity contribution < 1.29 is 9.53 Å². The fourth-order valence-electron chi connectivity index (χ4n) is 4.71. The molecule has 1 aromatic carbocycles. The zero-order valence-electron chi connectivity index (χ0n) is 24.0. The number of hydrogen-bond donors (Lipinski definition) is 1. The average Bonchev–Trinajstić information content (AvgIpc) is 3.44. The van der Waals surface area contributed by atoms with E-state index in [1.165, 1.54) is 70.6 Å². The van der Waals surface area contributed by atoms with Crippen LogP contribution in [0.2, 0.25) is 5.02 Å². The number of unbranched alkanes of at least 4 members (excludes halogenated alkanes) is 12. The van der Waals surface area contributed by atoms with Crippen molar-refractivity contribution in [1.82, 2.24) is 19.8 Å². The van der Waals surface area contributed by atoms with Crippen LogP contribution in [0.25, 0.3) is 17.0 Å². The van der Waals surface area contributed by atoms with Crippen LogP contribution in [0.3, 0.4) is 0 Å². The van der Waals surface area contributed by atoms with Gasteiger partial charge in [-0.05, 0) is 12.0 Å². The molecule has 0 fully saturated rings. The summed E-state index contributed by atoms with van der Waals surface area (Å²) in [6, 6.07) is 7.73. The number of carbonyl (C=O) groups is 1. The molecule has 0 atom stereocenters. The smallest absolute Gasteiger partial charge is 0.310 e. The van der Waals surface area contributed by atoms with Crippen molar-refractivity contribution in [3.63, 3.8) is 0 Å². The fraction of sp³-hybridized carbons (Fsp3) is 0.645. The third-order valence-electron chi connectivity index (χ3n) is 7.06. The van der Waals surface area contributed by atoms with Gasteiger partial charge < -0.3 is 4.74 Å². The maximum Gasteiger partial charge on any atom is 0.310 e. The van der Waals surface area contributed by atoms with E-state index in [-0.39, 0.29) is 17.8 Å². The number of nitrogens with one attached hydrogen (secondary N) is 1. The van der Waals surface area contributed by atoms with E-state index < -0.39 is 0 Å². The van der Waals surface area contributed by atoms with E-state index >= 15 is 0 Å². The van der Waals surface area contributed by atoms with Crippen LogP contribution >= 0.6 is 11.6 Å². The number of fused-ring (bicyclic) bond motifs is 1. The van der Waals surface area contributed by atoms with E-state index in [0.717, 1.165) is 29.7 Å². The molecular weight excluding hydrogens is 496 g/mol. The second-order valence-electron chi connectivity index (χ2n) is 11.6. The lowest BCUT2D eigenvalue weighted by Crippen LogP contribution is -2.13. The van der Waals surface area contributed by atoms with Gasteiger partial charge in [0, 0.05) is 11.0 Å². The van der Waals surface area contributed by atoms with E-state index in [4.69, 9.17) is 16.3 Å². The van der Waals surface area contributed by atoms with Gasteiger partial charge >= 0.3 is 5.97 Å².